The number of halogens is 3. The van der Waals surface area contributed by atoms with Gasteiger partial charge in [0.25, 0.3) is 0 Å². The fourth-order valence-corrected chi connectivity index (χ4v) is 3.65. The molecule has 2 N–H and O–H groups in total. The summed E-state index contributed by atoms with van der Waals surface area (Å²) in [4.78, 5) is 16.5. The Hall–Kier alpha value is -2.84. The van der Waals surface area contributed by atoms with E-state index in [4.69, 9.17) is 9.84 Å². The van der Waals surface area contributed by atoms with Gasteiger partial charge in [-0.05, 0) is 54.8 Å². The highest BCUT2D eigenvalue weighted by molar-refractivity contribution is 5.86. The summed E-state index contributed by atoms with van der Waals surface area (Å²) < 4.78 is 44.6. The summed E-state index contributed by atoms with van der Waals surface area (Å²) in [6.07, 6.45) is 3.45. The van der Waals surface area contributed by atoms with Crippen LogP contribution in [0.25, 0.3) is 22.2 Å². The largest absolute Gasteiger partial charge is 0.400 e. The number of hydrogen-bond donors (Lipinski definition) is 2. The highest BCUT2D eigenvalue weighted by Crippen LogP contribution is 2.28. The molecule has 0 atom stereocenters. The lowest BCUT2D eigenvalue weighted by atomic mass is 9.84. The van der Waals surface area contributed by atoms with E-state index in [0.29, 0.717) is 28.5 Å². The van der Waals surface area contributed by atoms with Gasteiger partial charge in [-0.2, -0.15) is 0 Å². The van der Waals surface area contributed by atoms with Crippen molar-refractivity contribution in [2.24, 2.45) is 5.92 Å². The second-order valence-electron chi connectivity index (χ2n) is 7.61. The Morgan fingerprint density at radius 2 is 1.66 bits per heavy atom. The van der Waals surface area contributed by atoms with Crippen LogP contribution in [0.2, 0.25) is 0 Å². The van der Waals surface area contributed by atoms with Crippen molar-refractivity contribution >= 4 is 16.8 Å². The Labute approximate surface area is 184 Å². The molecule has 2 aromatic carbocycles. The molecule has 2 aliphatic rings. The van der Waals surface area contributed by atoms with Gasteiger partial charge >= 0.3 is 0 Å². The molecular weight excluding hydrogens is 421 g/mol. The number of nitrogens with zero attached hydrogens (tertiary/aromatic N) is 1. The predicted molar refractivity (Wildman–Crippen MR) is 116 cm³/mol. The number of benzene rings is 2. The highest BCUT2D eigenvalue weighted by Gasteiger charge is 2.29. The van der Waals surface area contributed by atoms with E-state index in [1.165, 1.54) is 24.6 Å². The van der Waals surface area contributed by atoms with Crippen molar-refractivity contribution in [3.05, 3.63) is 59.9 Å². The number of aliphatic hydroxyl groups is 1. The van der Waals surface area contributed by atoms with Crippen molar-refractivity contribution in [3.63, 3.8) is 0 Å². The molecule has 0 unspecified atom stereocenters. The Morgan fingerprint density at radius 3 is 2.25 bits per heavy atom. The van der Waals surface area contributed by atoms with Gasteiger partial charge in [0.05, 0.1) is 18.7 Å². The third kappa shape index (κ3) is 5.69. The summed E-state index contributed by atoms with van der Waals surface area (Å²) in [5, 5.41) is 7.45. The third-order valence-corrected chi connectivity index (χ3v) is 5.58. The summed E-state index contributed by atoms with van der Waals surface area (Å²) in [6, 6.07) is 9.50. The molecule has 8 heteroatoms. The van der Waals surface area contributed by atoms with Crippen LogP contribution in [0.3, 0.4) is 0 Å². The molecular formula is C24H27F3N2O3. The van der Waals surface area contributed by atoms with Crippen LogP contribution in [0.4, 0.5) is 13.2 Å². The monoisotopic (exact) mass is 448 g/mol. The van der Waals surface area contributed by atoms with Gasteiger partial charge in [-0.1, -0.05) is 6.42 Å². The van der Waals surface area contributed by atoms with E-state index in [2.05, 4.69) is 4.98 Å². The minimum absolute atomic E-state index is 0.246. The molecule has 172 valence electrons. The minimum atomic E-state index is -0.640. The predicted octanol–water partition coefficient (Wildman–Crippen LogP) is 4.51. The summed E-state index contributed by atoms with van der Waals surface area (Å²) in [5.41, 5.74) is 1.58. The van der Waals surface area contributed by atoms with E-state index in [1.54, 1.807) is 18.2 Å². The van der Waals surface area contributed by atoms with E-state index in [9.17, 15) is 18.0 Å². The topological polar surface area (TPSA) is 65.6 Å². The van der Waals surface area contributed by atoms with Crippen LogP contribution in [0.5, 0.6) is 0 Å². The van der Waals surface area contributed by atoms with Crippen LogP contribution in [0.15, 0.2) is 42.5 Å². The fraction of sp³-hybridized carbons (Fsp3) is 0.375. The first kappa shape index (κ1) is 23.8. The number of carbonyl (C=O) groups is 1. The normalized spacial score (nSPS) is 15.8. The molecule has 1 aliphatic carbocycles. The number of rotatable bonds is 2. The Balaban J connectivity index is 0.000000180. The summed E-state index contributed by atoms with van der Waals surface area (Å²) >= 11 is 0. The van der Waals surface area contributed by atoms with Crippen molar-refractivity contribution in [1.29, 1.82) is 0 Å². The number of fused-ring (bicyclic) bond motifs is 1. The number of hydrogen-bond acceptors (Lipinski definition) is 3. The van der Waals surface area contributed by atoms with Gasteiger partial charge in [-0.15, -0.1) is 0 Å². The Kier molecular flexibility index (Phi) is 8.30. The maximum Gasteiger partial charge on any atom is 0.225 e. The van der Waals surface area contributed by atoms with E-state index in [-0.39, 0.29) is 11.3 Å². The molecule has 0 bridgehead atoms. The van der Waals surface area contributed by atoms with Gasteiger partial charge in [0, 0.05) is 43.3 Å². The average Bonchev–Trinajstić information content (AvgIpc) is 3.20. The SMILES string of the molecule is CO.Fc1ccc(-c2cc3cc(F)cc(F)c3[nH]2)cc1.O=C(C1CCC1)N1CCOCC1. The standard InChI is InChI=1S/C14H8F3N.C9H15NO2.CH4O/c15-10-3-1-8(2-4-10)13-6-9-5-11(16)7-12(17)14(9)18-13;11-9(8-2-1-3-8)10-4-6-12-7-5-10;1-2/h1-7,18H;8H,1-7H2;2H,1H3. The zero-order chi connectivity index (χ0) is 23.1. The highest BCUT2D eigenvalue weighted by atomic mass is 19.1. The number of H-pyrrole nitrogens is 1. The molecule has 1 aliphatic heterocycles. The van der Waals surface area contributed by atoms with Gasteiger partial charge in [0.1, 0.15) is 17.5 Å². The number of aliphatic hydroxyl groups excluding tert-OH is 1. The van der Waals surface area contributed by atoms with Crippen molar-refractivity contribution < 1.29 is 27.8 Å². The summed E-state index contributed by atoms with van der Waals surface area (Å²) in [6.45, 7) is 3.04. The van der Waals surface area contributed by atoms with Gasteiger partial charge < -0.3 is 19.7 Å². The lowest BCUT2D eigenvalue weighted by molar-refractivity contribution is -0.142. The van der Waals surface area contributed by atoms with Crippen LogP contribution >= 0.6 is 0 Å². The van der Waals surface area contributed by atoms with E-state index in [1.807, 2.05) is 4.90 Å². The molecule has 3 aromatic rings. The number of nitrogens with one attached hydrogen (secondary N) is 1. The van der Waals surface area contributed by atoms with Crippen LogP contribution in [0.1, 0.15) is 19.3 Å². The number of aromatic amines is 1. The molecule has 1 amide bonds. The molecule has 0 radical (unpaired) electrons. The molecule has 5 rings (SSSR count). The van der Waals surface area contributed by atoms with Crippen molar-refractivity contribution in [3.8, 4) is 11.3 Å². The fourth-order valence-electron chi connectivity index (χ4n) is 3.65. The molecule has 5 nitrogen and oxygen atoms in total. The van der Waals surface area contributed by atoms with Crippen molar-refractivity contribution in [2.45, 2.75) is 19.3 Å². The molecule has 1 saturated heterocycles. The Bertz CT molecular complexity index is 1030. The van der Waals surface area contributed by atoms with Gasteiger partial charge in [-0.25, -0.2) is 13.2 Å². The van der Waals surface area contributed by atoms with Gasteiger partial charge in [0.2, 0.25) is 5.91 Å². The van der Waals surface area contributed by atoms with Crippen LogP contribution in [-0.4, -0.2) is 54.3 Å². The van der Waals surface area contributed by atoms with Crippen molar-refractivity contribution in [1.82, 2.24) is 9.88 Å². The number of ether oxygens (including phenoxy) is 1. The first-order chi connectivity index (χ1) is 15.5. The number of carbonyl (C=O) groups excluding carboxylic acids is 1. The molecule has 0 spiro atoms. The average molecular weight is 448 g/mol. The first-order valence-corrected chi connectivity index (χ1v) is 10.6. The van der Waals surface area contributed by atoms with Crippen LogP contribution < -0.4 is 0 Å². The van der Waals surface area contributed by atoms with Gasteiger partial charge in [-0.3, -0.25) is 4.79 Å². The lowest BCUT2D eigenvalue weighted by Crippen LogP contribution is -2.45. The first-order valence-electron chi connectivity index (χ1n) is 10.6. The molecule has 2 fully saturated rings. The summed E-state index contributed by atoms with van der Waals surface area (Å²) in [7, 11) is 1.00. The third-order valence-electron chi connectivity index (χ3n) is 5.58. The van der Waals surface area contributed by atoms with Gasteiger partial charge in [0.15, 0.2) is 0 Å². The van der Waals surface area contributed by atoms with Crippen LogP contribution in [0, 0.1) is 23.4 Å². The number of morpholine rings is 1. The minimum Gasteiger partial charge on any atom is -0.400 e. The smallest absolute Gasteiger partial charge is 0.225 e. The summed E-state index contributed by atoms with van der Waals surface area (Å²) in [5.74, 6) is -0.886. The zero-order valence-electron chi connectivity index (χ0n) is 17.9. The molecule has 1 aromatic heterocycles. The maximum absolute atomic E-state index is 13.5. The second kappa shape index (κ2) is 11.2. The van der Waals surface area contributed by atoms with Crippen LogP contribution in [-0.2, 0) is 9.53 Å². The quantitative estimate of drug-likeness (QED) is 0.607. The second-order valence-corrected chi connectivity index (χ2v) is 7.61. The molecule has 2 heterocycles. The number of aromatic nitrogens is 1. The molecule has 1 saturated carbocycles. The lowest BCUT2D eigenvalue weighted by Gasteiger charge is -2.33. The number of amides is 1. The van der Waals surface area contributed by atoms with E-state index in [0.717, 1.165) is 52.3 Å². The Morgan fingerprint density at radius 1 is 1.00 bits per heavy atom. The maximum atomic E-state index is 13.5. The molecule has 32 heavy (non-hydrogen) atoms. The van der Waals surface area contributed by atoms with Crippen molar-refractivity contribution in [2.75, 3.05) is 33.4 Å². The van der Waals surface area contributed by atoms with E-state index >= 15 is 0 Å². The zero-order valence-corrected chi connectivity index (χ0v) is 17.9. The van der Waals surface area contributed by atoms with E-state index < -0.39 is 11.6 Å².